The van der Waals surface area contributed by atoms with Crippen molar-refractivity contribution in [1.82, 2.24) is 9.80 Å². The van der Waals surface area contributed by atoms with Crippen molar-refractivity contribution in [3.05, 3.63) is 30.3 Å². The Labute approximate surface area is 131 Å². The number of para-hydroxylation sites is 1. The zero-order valence-corrected chi connectivity index (χ0v) is 12.8. The normalized spacial score (nSPS) is 22.6. The van der Waals surface area contributed by atoms with E-state index in [2.05, 4.69) is 40.1 Å². The fourth-order valence-corrected chi connectivity index (χ4v) is 3.28. The molecule has 5 nitrogen and oxygen atoms in total. The molecule has 2 aliphatic heterocycles. The number of benzene rings is 1. The highest BCUT2D eigenvalue weighted by atomic mass is 16.2. The van der Waals surface area contributed by atoms with Crippen LogP contribution in [-0.4, -0.2) is 61.0 Å². The third-order valence-electron chi connectivity index (χ3n) is 4.57. The Morgan fingerprint density at radius 3 is 2.55 bits per heavy atom. The van der Waals surface area contributed by atoms with E-state index in [4.69, 9.17) is 5.26 Å². The second-order valence-corrected chi connectivity index (χ2v) is 5.97. The number of nitriles is 1. The Morgan fingerprint density at radius 1 is 1.14 bits per heavy atom. The lowest BCUT2D eigenvalue weighted by Crippen LogP contribution is -2.50. The molecule has 1 atom stereocenters. The van der Waals surface area contributed by atoms with Gasteiger partial charge in [0, 0.05) is 38.4 Å². The minimum Gasteiger partial charge on any atom is -0.369 e. The van der Waals surface area contributed by atoms with Crippen molar-refractivity contribution in [3.8, 4) is 6.07 Å². The van der Waals surface area contributed by atoms with E-state index in [1.807, 2.05) is 6.07 Å². The molecule has 2 fully saturated rings. The van der Waals surface area contributed by atoms with Crippen LogP contribution in [0.4, 0.5) is 5.69 Å². The summed E-state index contributed by atoms with van der Waals surface area (Å²) in [4.78, 5) is 18.7. The Balaban J connectivity index is 1.50. The first kappa shape index (κ1) is 14.9. The molecule has 0 saturated carbocycles. The maximum absolute atomic E-state index is 12.4. The fourth-order valence-electron chi connectivity index (χ4n) is 3.28. The highest BCUT2D eigenvalue weighted by molar-refractivity contribution is 5.79. The van der Waals surface area contributed by atoms with Gasteiger partial charge < -0.3 is 9.80 Å². The van der Waals surface area contributed by atoms with Crippen molar-refractivity contribution >= 4 is 11.6 Å². The number of nitrogens with zero attached hydrogens (tertiary/aromatic N) is 4. The van der Waals surface area contributed by atoms with Crippen LogP contribution in [-0.2, 0) is 4.79 Å². The van der Waals surface area contributed by atoms with E-state index in [0.29, 0.717) is 6.54 Å². The first-order valence-corrected chi connectivity index (χ1v) is 7.99. The van der Waals surface area contributed by atoms with Crippen molar-refractivity contribution in [2.75, 3.05) is 44.2 Å². The molecule has 0 radical (unpaired) electrons. The van der Waals surface area contributed by atoms with Gasteiger partial charge >= 0.3 is 0 Å². The molecule has 2 heterocycles. The Morgan fingerprint density at radius 2 is 1.86 bits per heavy atom. The second kappa shape index (κ2) is 6.80. The van der Waals surface area contributed by atoms with Crippen LogP contribution in [0.25, 0.3) is 0 Å². The molecule has 3 rings (SSSR count). The average Bonchev–Trinajstić information content (AvgIpc) is 3.05. The molecule has 0 unspecified atom stereocenters. The van der Waals surface area contributed by atoms with Gasteiger partial charge in [-0.3, -0.25) is 9.69 Å². The largest absolute Gasteiger partial charge is 0.369 e. The third kappa shape index (κ3) is 3.23. The van der Waals surface area contributed by atoms with E-state index in [0.717, 1.165) is 45.6 Å². The van der Waals surface area contributed by atoms with E-state index in [9.17, 15) is 4.79 Å². The van der Waals surface area contributed by atoms with Crippen LogP contribution in [0.3, 0.4) is 0 Å². The van der Waals surface area contributed by atoms with Crippen LogP contribution in [0.1, 0.15) is 12.8 Å². The molecule has 5 heteroatoms. The van der Waals surface area contributed by atoms with E-state index >= 15 is 0 Å². The summed E-state index contributed by atoms with van der Waals surface area (Å²) < 4.78 is 0. The van der Waals surface area contributed by atoms with Gasteiger partial charge in [0.15, 0.2) is 0 Å². The number of hydrogen-bond donors (Lipinski definition) is 0. The van der Waals surface area contributed by atoms with Crippen molar-refractivity contribution in [1.29, 1.82) is 5.26 Å². The number of amides is 1. The molecule has 0 aromatic heterocycles. The van der Waals surface area contributed by atoms with Gasteiger partial charge in [-0.1, -0.05) is 18.2 Å². The SMILES string of the molecule is N#C[C@@H]1CCCN1C(=O)CN1CCN(c2ccccc2)CC1. The monoisotopic (exact) mass is 298 g/mol. The summed E-state index contributed by atoms with van der Waals surface area (Å²) in [7, 11) is 0. The van der Waals surface area contributed by atoms with Crippen LogP contribution in [0.15, 0.2) is 30.3 Å². The van der Waals surface area contributed by atoms with Crippen molar-refractivity contribution in [3.63, 3.8) is 0 Å². The van der Waals surface area contributed by atoms with Crippen molar-refractivity contribution in [2.45, 2.75) is 18.9 Å². The number of piperazine rings is 1. The van der Waals surface area contributed by atoms with Gasteiger partial charge in [-0.05, 0) is 25.0 Å². The van der Waals surface area contributed by atoms with Gasteiger partial charge in [-0.25, -0.2) is 0 Å². The van der Waals surface area contributed by atoms with Gasteiger partial charge in [-0.15, -0.1) is 0 Å². The number of likely N-dealkylation sites (tertiary alicyclic amines) is 1. The summed E-state index contributed by atoms with van der Waals surface area (Å²) in [6.45, 7) is 4.86. The minimum absolute atomic E-state index is 0.109. The van der Waals surface area contributed by atoms with E-state index in [1.165, 1.54) is 5.69 Å². The third-order valence-corrected chi connectivity index (χ3v) is 4.57. The average molecular weight is 298 g/mol. The summed E-state index contributed by atoms with van der Waals surface area (Å²) in [6, 6.07) is 12.4. The molecule has 0 spiro atoms. The number of hydrogen-bond acceptors (Lipinski definition) is 4. The predicted octanol–water partition coefficient (Wildman–Crippen LogP) is 1.32. The van der Waals surface area contributed by atoms with Crippen LogP contribution in [0.5, 0.6) is 0 Å². The highest BCUT2D eigenvalue weighted by Crippen LogP contribution is 2.18. The van der Waals surface area contributed by atoms with Gasteiger partial charge in [0.1, 0.15) is 6.04 Å². The van der Waals surface area contributed by atoms with Gasteiger partial charge in [0.2, 0.25) is 5.91 Å². The van der Waals surface area contributed by atoms with E-state index in [1.54, 1.807) is 4.90 Å². The van der Waals surface area contributed by atoms with Gasteiger partial charge in [0.05, 0.1) is 12.6 Å². The molecule has 0 aliphatic carbocycles. The lowest BCUT2D eigenvalue weighted by Gasteiger charge is -2.36. The van der Waals surface area contributed by atoms with Crippen LogP contribution in [0, 0.1) is 11.3 Å². The molecule has 1 amide bonds. The van der Waals surface area contributed by atoms with E-state index < -0.39 is 0 Å². The zero-order chi connectivity index (χ0) is 15.4. The standard InChI is InChI=1S/C17H22N4O/c18-13-16-7-4-8-21(16)17(22)14-19-9-11-20(12-10-19)15-5-2-1-3-6-15/h1-3,5-6,16H,4,7-12,14H2/t16-/m0/s1. The van der Waals surface area contributed by atoms with Crippen LogP contribution >= 0.6 is 0 Å². The summed E-state index contributed by atoms with van der Waals surface area (Å²) in [5, 5.41) is 9.09. The highest BCUT2D eigenvalue weighted by Gasteiger charge is 2.30. The predicted molar refractivity (Wildman–Crippen MR) is 85.4 cm³/mol. The summed E-state index contributed by atoms with van der Waals surface area (Å²) in [5.41, 5.74) is 1.25. The zero-order valence-electron chi connectivity index (χ0n) is 12.8. The lowest BCUT2D eigenvalue weighted by molar-refractivity contribution is -0.132. The fraction of sp³-hybridized carbons (Fsp3) is 0.529. The molecule has 0 bridgehead atoms. The molecule has 0 N–H and O–H groups in total. The molecule has 1 aromatic rings. The van der Waals surface area contributed by atoms with Crippen molar-refractivity contribution < 1.29 is 4.79 Å². The lowest BCUT2D eigenvalue weighted by atomic mass is 10.2. The van der Waals surface area contributed by atoms with Crippen molar-refractivity contribution in [2.24, 2.45) is 0 Å². The topological polar surface area (TPSA) is 50.6 Å². The number of rotatable bonds is 3. The van der Waals surface area contributed by atoms with Gasteiger partial charge in [-0.2, -0.15) is 5.26 Å². The van der Waals surface area contributed by atoms with Crippen LogP contribution < -0.4 is 4.90 Å². The quantitative estimate of drug-likeness (QED) is 0.844. The molecule has 22 heavy (non-hydrogen) atoms. The Hall–Kier alpha value is -2.06. The minimum atomic E-state index is -0.210. The van der Waals surface area contributed by atoms with Crippen LogP contribution in [0.2, 0.25) is 0 Å². The first-order valence-electron chi connectivity index (χ1n) is 7.99. The summed E-state index contributed by atoms with van der Waals surface area (Å²) in [5.74, 6) is 0.109. The number of anilines is 1. The molecular weight excluding hydrogens is 276 g/mol. The molecule has 1 aromatic carbocycles. The Bertz CT molecular complexity index is 546. The molecule has 2 aliphatic rings. The van der Waals surface area contributed by atoms with E-state index in [-0.39, 0.29) is 11.9 Å². The maximum Gasteiger partial charge on any atom is 0.237 e. The summed E-state index contributed by atoms with van der Waals surface area (Å²) in [6.07, 6.45) is 1.77. The Kier molecular flexibility index (Phi) is 4.59. The molecule has 116 valence electrons. The van der Waals surface area contributed by atoms with Gasteiger partial charge in [0.25, 0.3) is 0 Å². The maximum atomic E-state index is 12.4. The number of carbonyl (C=O) groups is 1. The smallest absolute Gasteiger partial charge is 0.237 e. The molecular formula is C17H22N4O. The second-order valence-electron chi connectivity index (χ2n) is 5.97. The first-order chi connectivity index (χ1) is 10.8. The molecule has 2 saturated heterocycles. The summed E-state index contributed by atoms with van der Waals surface area (Å²) >= 11 is 0. The number of carbonyl (C=O) groups excluding carboxylic acids is 1.